The van der Waals surface area contributed by atoms with E-state index in [1.807, 2.05) is 0 Å². The summed E-state index contributed by atoms with van der Waals surface area (Å²) in [5.41, 5.74) is 0.778. The Bertz CT molecular complexity index is 1030. The molecule has 0 fully saturated rings. The number of rotatable bonds is 8. The van der Waals surface area contributed by atoms with Crippen LogP contribution in [0.15, 0.2) is 60.2 Å². The molecule has 1 aliphatic rings. The van der Waals surface area contributed by atoms with Crippen molar-refractivity contribution in [2.45, 2.75) is 23.8 Å². The Balaban J connectivity index is 2.24. The lowest BCUT2D eigenvalue weighted by Crippen LogP contribution is -2.39. The molecule has 1 aliphatic carbocycles. The average Bonchev–Trinajstić information content (AvgIpc) is 2.76. The van der Waals surface area contributed by atoms with Crippen molar-refractivity contribution in [1.82, 2.24) is 10.6 Å². The molecule has 0 bridgehead atoms. The van der Waals surface area contributed by atoms with Gasteiger partial charge in [-0.1, -0.05) is 88.0 Å². The minimum absolute atomic E-state index is 0.0168. The fraction of sp³-hybridized carbons (Fsp3) is 0.304. The standard InChI is InChI=1S/C23H21BrCl3F3N2O2/c1-3-8-31-19(33)11-32-22(34)15-6-4-13(12(2)20(15)24)5-7-16(23(28,29)30)14-9-17(25)21(27)18(26)10-14/h3-7,9-10,12,16,20H,1,8,11H2,2H3,(H,31,33)(H,32,34)/b7-5+. The van der Waals surface area contributed by atoms with Crippen LogP contribution in [0.4, 0.5) is 13.2 Å². The maximum Gasteiger partial charge on any atom is 0.399 e. The first-order chi connectivity index (χ1) is 15.9. The Morgan fingerprint density at radius 2 is 1.79 bits per heavy atom. The van der Waals surface area contributed by atoms with Gasteiger partial charge in [0, 0.05) is 12.1 Å². The minimum atomic E-state index is -4.60. The first-order valence-electron chi connectivity index (χ1n) is 9.97. The zero-order chi connectivity index (χ0) is 25.6. The molecule has 34 heavy (non-hydrogen) atoms. The second kappa shape index (κ2) is 12.3. The van der Waals surface area contributed by atoms with Crippen molar-refractivity contribution in [3.05, 3.63) is 80.9 Å². The molecule has 2 N–H and O–H groups in total. The fourth-order valence-electron chi connectivity index (χ4n) is 3.16. The summed E-state index contributed by atoms with van der Waals surface area (Å²) in [5.74, 6) is -3.13. The second-order valence-electron chi connectivity index (χ2n) is 7.43. The van der Waals surface area contributed by atoms with Gasteiger partial charge in [0.15, 0.2) is 0 Å². The molecule has 1 aromatic rings. The molecule has 0 spiro atoms. The molecule has 3 atom stereocenters. The number of carbonyl (C=O) groups is 2. The van der Waals surface area contributed by atoms with Crippen LogP contribution in [-0.4, -0.2) is 35.9 Å². The third-order valence-electron chi connectivity index (χ3n) is 5.03. The lowest BCUT2D eigenvalue weighted by Gasteiger charge is -2.26. The number of benzene rings is 1. The third-order valence-corrected chi connectivity index (χ3v) is 7.51. The van der Waals surface area contributed by atoms with Crippen LogP contribution in [-0.2, 0) is 9.59 Å². The summed E-state index contributed by atoms with van der Waals surface area (Å²) >= 11 is 21.1. The van der Waals surface area contributed by atoms with Crippen molar-refractivity contribution < 1.29 is 22.8 Å². The molecule has 3 unspecified atom stereocenters. The van der Waals surface area contributed by atoms with Crippen LogP contribution in [0.5, 0.6) is 0 Å². The molecule has 0 saturated carbocycles. The molecule has 184 valence electrons. The highest BCUT2D eigenvalue weighted by molar-refractivity contribution is 9.09. The Morgan fingerprint density at radius 3 is 2.35 bits per heavy atom. The van der Waals surface area contributed by atoms with Crippen LogP contribution >= 0.6 is 50.7 Å². The number of hydrogen-bond acceptors (Lipinski definition) is 2. The highest BCUT2D eigenvalue weighted by Gasteiger charge is 2.39. The van der Waals surface area contributed by atoms with E-state index >= 15 is 0 Å². The van der Waals surface area contributed by atoms with E-state index in [4.69, 9.17) is 34.8 Å². The van der Waals surface area contributed by atoms with Gasteiger partial charge in [-0.05, 0) is 29.2 Å². The van der Waals surface area contributed by atoms with Crippen molar-refractivity contribution in [3.8, 4) is 0 Å². The molecule has 0 aromatic heterocycles. The van der Waals surface area contributed by atoms with Crippen LogP contribution in [0.2, 0.25) is 15.1 Å². The maximum atomic E-state index is 13.8. The molecule has 2 rings (SSSR count). The smallest absolute Gasteiger partial charge is 0.351 e. The van der Waals surface area contributed by atoms with Gasteiger partial charge in [-0.25, -0.2) is 0 Å². The zero-order valence-electron chi connectivity index (χ0n) is 17.9. The molecule has 0 radical (unpaired) electrons. The van der Waals surface area contributed by atoms with Gasteiger partial charge < -0.3 is 10.6 Å². The van der Waals surface area contributed by atoms with Gasteiger partial charge >= 0.3 is 6.18 Å². The van der Waals surface area contributed by atoms with E-state index in [2.05, 4.69) is 33.1 Å². The van der Waals surface area contributed by atoms with Crippen molar-refractivity contribution >= 4 is 62.5 Å². The minimum Gasteiger partial charge on any atom is -0.351 e. The average molecular weight is 601 g/mol. The van der Waals surface area contributed by atoms with Crippen LogP contribution in [0.1, 0.15) is 18.4 Å². The van der Waals surface area contributed by atoms with E-state index in [0.29, 0.717) is 11.1 Å². The van der Waals surface area contributed by atoms with Crippen molar-refractivity contribution in [2.75, 3.05) is 13.1 Å². The largest absolute Gasteiger partial charge is 0.399 e. The Labute approximate surface area is 219 Å². The summed E-state index contributed by atoms with van der Waals surface area (Å²) < 4.78 is 41.4. The van der Waals surface area contributed by atoms with Gasteiger partial charge in [0.25, 0.3) is 0 Å². The summed E-state index contributed by atoms with van der Waals surface area (Å²) in [4.78, 5) is 23.6. The number of hydrogen-bond donors (Lipinski definition) is 2. The molecule has 0 aliphatic heterocycles. The first kappa shape index (κ1) is 28.5. The van der Waals surface area contributed by atoms with Gasteiger partial charge in [0.2, 0.25) is 11.8 Å². The lowest BCUT2D eigenvalue weighted by molar-refractivity contribution is -0.139. The molecule has 11 heteroatoms. The zero-order valence-corrected chi connectivity index (χ0v) is 21.7. The van der Waals surface area contributed by atoms with Crippen molar-refractivity contribution in [3.63, 3.8) is 0 Å². The molecule has 4 nitrogen and oxygen atoms in total. The van der Waals surface area contributed by atoms with Crippen LogP contribution in [0, 0.1) is 5.92 Å². The summed E-state index contributed by atoms with van der Waals surface area (Å²) in [6, 6.07) is 2.27. The monoisotopic (exact) mass is 598 g/mol. The van der Waals surface area contributed by atoms with Gasteiger partial charge in [0.1, 0.15) is 0 Å². The SMILES string of the molecule is C=CCNC(=O)CNC(=O)C1=CC=C(/C=C/C(c2cc(Cl)c(Cl)c(Cl)c2)C(F)(F)F)C(C)C1Br. The predicted octanol–water partition coefficient (Wildman–Crippen LogP) is 6.53. The van der Waals surface area contributed by atoms with Gasteiger partial charge in [0.05, 0.1) is 32.4 Å². The molecule has 0 heterocycles. The number of amides is 2. The fourth-order valence-corrected chi connectivity index (χ4v) is 4.44. The highest BCUT2D eigenvalue weighted by atomic mass is 79.9. The van der Waals surface area contributed by atoms with Crippen molar-refractivity contribution in [2.24, 2.45) is 5.92 Å². The van der Waals surface area contributed by atoms with E-state index in [0.717, 1.165) is 18.2 Å². The normalized spacial score (nSPS) is 19.3. The van der Waals surface area contributed by atoms with E-state index in [1.54, 1.807) is 13.0 Å². The van der Waals surface area contributed by atoms with Gasteiger partial charge in [-0.15, -0.1) is 6.58 Å². The molecule has 1 aromatic carbocycles. The third kappa shape index (κ3) is 7.38. The van der Waals surface area contributed by atoms with E-state index in [1.165, 1.54) is 18.2 Å². The number of nitrogens with one attached hydrogen (secondary N) is 2. The summed E-state index contributed by atoms with van der Waals surface area (Å²) in [6.45, 7) is 5.32. The van der Waals surface area contributed by atoms with E-state index in [-0.39, 0.29) is 45.5 Å². The van der Waals surface area contributed by atoms with Crippen LogP contribution in [0.3, 0.4) is 0 Å². The maximum absolute atomic E-state index is 13.8. The predicted molar refractivity (Wildman–Crippen MR) is 134 cm³/mol. The first-order valence-corrected chi connectivity index (χ1v) is 12.0. The Morgan fingerprint density at radius 1 is 1.18 bits per heavy atom. The molecule has 0 saturated heterocycles. The number of allylic oxidation sites excluding steroid dienone is 5. The summed E-state index contributed by atoms with van der Waals surface area (Å²) in [6.07, 6.45) is 2.37. The van der Waals surface area contributed by atoms with Gasteiger partial charge in [-0.2, -0.15) is 13.2 Å². The molecular weight excluding hydrogens is 580 g/mol. The lowest BCUT2D eigenvalue weighted by atomic mass is 9.86. The van der Waals surface area contributed by atoms with Crippen LogP contribution < -0.4 is 10.6 Å². The van der Waals surface area contributed by atoms with Crippen molar-refractivity contribution in [1.29, 1.82) is 0 Å². The molecular formula is C23H21BrCl3F3N2O2. The highest BCUT2D eigenvalue weighted by Crippen LogP contribution is 2.41. The topological polar surface area (TPSA) is 58.2 Å². The summed E-state index contributed by atoms with van der Waals surface area (Å²) in [7, 11) is 0. The summed E-state index contributed by atoms with van der Waals surface area (Å²) in [5, 5.41) is 4.89. The van der Waals surface area contributed by atoms with Gasteiger partial charge in [-0.3, -0.25) is 9.59 Å². The Hall–Kier alpha value is -1.74. The van der Waals surface area contributed by atoms with E-state index in [9.17, 15) is 22.8 Å². The van der Waals surface area contributed by atoms with E-state index < -0.39 is 22.8 Å². The molecule has 2 amide bonds. The Kier molecular flexibility index (Phi) is 10.3. The second-order valence-corrected chi connectivity index (χ2v) is 9.61. The number of alkyl halides is 4. The number of carbonyl (C=O) groups excluding carboxylic acids is 2. The van der Waals surface area contributed by atoms with Crippen LogP contribution in [0.25, 0.3) is 0 Å². The number of halogens is 7. The quantitative estimate of drug-likeness (QED) is 0.203.